The Labute approximate surface area is 113 Å². The summed E-state index contributed by atoms with van der Waals surface area (Å²) in [6.45, 7) is 6.07. The zero-order valence-corrected chi connectivity index (χ0v) is 11.2. The van der Waals surface area contributed by atoms with Crippen LogP contribution in [0.4, 0.5) is 11.4 Å². The van der Waals surface area contributed by atoms with Crippen LogP contribution in [0.5, 0.6) is 0 Å². The van der Waals surface area contributed by atoms with E-state index < -0.39 is 0 Å². The van der Waals surface area contributed by atoms with E-state index in [9.17, 15) is 10.1 Å². The third-order valence-corrected chi connectivity index (χ3v) is 4.12. The second-order valence-electron chi connectivity index (χ2n) is 5.48. The van der Waals surface area contributed by atoms with Gasteiger partial charge in [0.05, 0.1) is 4.92 Å². The maximum absolute atomic E-state index is 10.8. The summed E-state index contributed by atoms with van der Waals surface area (Å²) in [6, 6.07) is 6.27. The van der Waals surface area contributed by atoms with Crippen molar-refractivity contribution in [1.82, 2.24) is 4.90 Å². The van der Waals surface area contributed by atoms with Gasteiger partial charge in [0.15, 0.2) is 0 Å². The molecule has 0 aromatic heterocycles. The van der Waals surface area contributed by atoms with Crippen LogP contribution in [0.3, 0.4) is 0 Å². The van der Waals surface area contributed by atoms with Crippen LogP contribution < -0.4 is 4.90 Å². The molecule has 0 atom stereocenters. The van der Waals surface area contributed by atoms with Gasteiger partial charge in [-0.3, -0.25) is 15.0 Å². The Balaban J connectivity index is 1.69. The molecular formula is C14H19N3O2. The molecule has 0 spiro atoms. The second-order valence-corrected chi connectivity index (χ2v) is 5.48. The number of nitro benzene ring substituents is 1. The molecule has 19 heavy (non-hydrogen) atoms. The highest BCUT2D eigenvalue weighted by Crippen LogP contribution is 2.29. The smallest absolute Gasteiger partial charge is 0.272 e. The topological polar surface area (TPSA) is 49.6 Å². The molecule has 0 unspecified atom stereocenters. The van der Waals surface area contributed by atoms with Gasteiger partial charge in [-0.05, 0) is 31.9 Å². The summed E-state index contributed by atoms with van der Waals surface area (Å²) in [7, 11) is 0. The average Bonchev–Trinajstić information content (AvgIpc) is 3.22. The minimum absolute atomic E-state index is 0.209. The summed E-state index contributed by atoms with van der Waals surface area (Å²) in [6.07, 6.45) is 2.72. The van der Waals surface area contributed by atoms with Gasteiger partial charge in [-0.2, -0.15) is 0 Å². The molecule has 0 bridgehead atoms. The van der Waals surface area contributed by atoms with Crippen molar-refractivity contribution in [1.29, 1.82) is 0 Å². The number of piperazine rings is 1. The van der Waals surface area contributed by atoms with Crippen LogP contribution in [0.25, 0.3) is 0 Å². The molecule has 5 heteroatoms. The lowest BCUT2D eigenvalue weighted by atomic mass is 10.1. The molecule has 0 N–H and O–H groups in total. The first-order valence-electron chi connectivity index (χ1n) is 6.89. The standard InChI is InChI=1S/C14H19N3O2/c1-11-10-13(4-5-14(11)17(18)19)16-8-6-15(7-9-16)12-2-3-12/h4-5,10,12H,2-3,6-9H2,1H3. The molecule has 0 amide bonds. The first-order valence-corrected chi connectivity index (χ1v) is 6.89. The van der Waals surface area contributed by atoms with E-state index in [-0.39, 0.29) is 10.6 Å². The van der Waals surface area contributed by atoms with Gasteiger partial charge in [0.25, 0.3) is 5.69 Å². The minimum Gasteiger partial charge on any atom is -0.369 e. The number of hydrogen-bond acceptors (Lipinski definition) is 4. The van der Waals surface area contributed by atoms with Crippen LogP contribution in [0.15, 0.2) is 18.2 Å². The Kier molecular flexibility index (Phi) is 3.14. The number of nitro groups is 1. The third kappa shape index (κ3) is 2.56. The lowest BCUT2D eigenvalue weighted by molar-refractivity contribution is -0.385. The summed E-state index contributed by atoms with van der Waals surface area (Å²) >= 11 is 0. The Bertz CT molecular complexity index is 491. The van der Waals surface area contributed by atoms with E-state index in [4.69, 9.17) is 0 Å². The highest BCUT2D eigenvalue weighted by Gasteiger charge is 2.31. The van der Waals surface area contributed by atoms with Gasteiger partial charge in [-0.25, -0.2) is 0 Å². The van der Waals surface area contributed by atoms with Crippen molar-refractivity contribution >= 4 is 11.4 Å². The van der Waals surface area contributed by atoms with E-state index in [1.54, 1.807) is 6.07 Å². The Hall–Kier alpha value is -1.62. The van der Waals surface area contributed by atoms with E-state index in [0.29, 0.717) is 0 Å². The molecule has 2 aliphatic rings. The summed E-state index contributed by atoms with van der Waals surface area (Å²) < 4.78 is 0. The van der Waals surface area contributed by atoms with Gasteiger partial charge in [0.1, 0.15) is 0 Å². The predicted octanol–water partition coefficient (Wildman–Crippen LogP) is 2.19. The van der Waals surface area contributed by atoms with Crippen molar-refractivity contribution in [2.75, 3.05) is 31.1 Å². The van der Waals surface area contributed by atoms with Crippen molar-refractivity contribution in [2.24, 2.45) is 0 Å². The monoisotopic (exact) mass is 261 g/mol. The van der Waals surface area contributed by atoms with Crippen molar-refractivity contribution in [3.63, 3.8) is 0 Å². The van der Waals surface area contributed by atoms with Crippen molar-refractivity contribution in [3.05, 3.63) is 33.9 Å². The number of benzene rings is 1. The number of rotatable bonds is 3. The van der Waals surface area contributed by atoms with Crippen LogP contribution in [-0.4, -0.2) is 42.0 Å². The molecule has 1 heterocycles. The van der Waals surface area contributed by atoms with Gasteiger partial charge >= 0.3 is 0 Å². The van der Waals surface area contributed by atoms with E-state index in [2.05, 4.69) is 9.80 Å². The molecule has 1 aromatic carbocycles. The molecule has 1 saturated heterocycles. The van der Waals surface area contributed by atoms with Crippen LogP contribution in [-0.2, 0) is 0 Å². The Morgan fingerprint density at radius 2 is 1.89 bits per heavy atom. The molecule has 2 fully saturated rings. The number of anilines is 1. The maximum atomic E-state index is 10.8. The van der Waals surface area contributed by atoms with Crippen molar-refractivity contribution < 1.29 is 4.92 Å². The van der Waals surface area contributed by atoms with Gasteiger partial charge < -0.3 is 4.90 Å². The molecule has 102 valence electrons. The van der Waals surface area contributed by atoms with Gasteiger partial charge in [0, 0.05) is 49.5 Å². The lowest BCUT2D eigenvalue weighted by Gasteiger charge is -2.36. The quantitative estimate of drug-likeness (QED) is 0.618. The fraction of sp³-hybridized carbons (Fsp3) is 0.571. The Morgan fingerprint density at radius 1 is 1.21 bits per heavy atom. The normalized spacial score (nSPS) is 20.6. The van der Waals surface area contributed by atoms with E-state index in [1.165, 1.54) is 12.8 Å². The third-order valence-electron chi connectivity index (χ3n) is 4.12. The molecule has 1 aromatic rings. The van der Waals surface area contributed by atoms with Crippen LogP contribution in [0.1, 0.15) is 18.4 Å². The average molecular weight is 261 g/mol. The van der Waals surface area contributed by atoms with Crippen LogP contribution in [0.2, 0.25) is 0 Å². The number of hydrogen-bond donors (Lipinski definition) is 0. The molecule has 1 aliphatic carbocycles. The lowest BCUT2D eigenvalue weighted by Crippen LogP contribution is -2.47. The molecule has 0 radical (unpaired) electrons. The highest BCUT2D eigenvalue weighted by molar-refractivity contribution is 5.55. The van der Waals surface area contributed by atoms with Gasteiger partial charge in [-0.15, -0.1) is 0 Å². The van der Waals surface area contributed by atoms with Crippen LogP contribution >= 0.6 is 0 Å². The highest BCUT2D eigenvalue weighted by atomic mass is 16.6. The first-order chi connectivity index (χ1) is 9.15. The molecular weight excluding hydrogens is 242 g/mol. The fourth-order valence-electron chi connectivity index (χ4n) is 2.83. The molecule has 5 nitrogen and oxygen atoms in total. The van der Waals surface area contributed by atoms with E-state index in [1.807, 2.05) is 19.1 Å². The largest absolute Gasteiger partial charge is 0.369 e. The van der Waals surface area contributed by atoms with Crippen LogP contribution in [0, 0.1) is 17.0 Å². The Morgan fingerprint density at radius 3 is 2.42 bits per heavy atom. The zero-order valence-electron chi connectivity index (χ0n) is 11.2. The zero-order chi connectivity index (χ0) is 13.4. The summed E-state index contributed by atoms with van der Waals surface area (Å²) in [4.78, 5) is 15.4. The first kappa shape index (κ1) is 12.4. The van der Waals surface area contributed by atoms with Gasteiger partial charge in [-0.1, -0.05) is 0 Å². The fourth-order valence-corrected chi connectivity index (χ4v) is 2.83. The minimum atomic E-state index is -0.315. The number of aryl methyl sites for hydroxylation is 1. The molecule has 1 aliphatic heterocycles. The summed E-state index contributed by atoms with van der Waals surface area (Å²) in [5.41, 5.74) is 2.06. The summed E-state index contributed by atoms with van der Waals surface area (Å²) in [5.74, 6) is 0. The molecule has 3 rings (SSSR count). The van der Waals surface area contributed by atoms with E-state index in [0.717, 1.165) is 43.5 Å². The maximum Gasteiger partial charge on any atom is 0.272 e. The van der Waals surface area contributed by atoms with Crippen molar-refractivity contribution in [3.8, 4) is 0 Å². The summed E-state index contributed by atoms with van der Waals surface area (Å²) in [5, 5.41) is 10.8. The number of nitrogens with zero attached hydrogens (tertiary/aromatic N) is 3. The van der Waals surface area contributed by atoms with Crippen molar-refractivity contribution in [2.45, 2.75) is 25.8 Å². The second kappa shape index (κ2) is 4.81. The SMILES string of the molecule is Cc1cc(N2CCN(C3CC3)CC2)ccc1[N+](=O)[O-]. The van der Waals surface area contributed by atoms with E-state index >= 15 is 0 Å². The van der Waals surface area contributed by atoms with Gasteiger partial charge in [0.2, 0.25) is 0 Å². The molecule has 1 saturated carbocycles. The predicted molar refractivity (Wildman–Crippen MR) is 74.6 cm³/mol.